The Morgan fingerprint density at radius 3 is 1.59 bits per heavy atom. The summed E-state index contributed by atoms with van der Waals surface area (Å²) in [6.07, 6.45) is 1.83. The van der Waals surface area contributed by atoms with Crippen molar-refractivity contribution in [3.05, 3.63) is 71.0 Å². The predicted molar refractivity (Wildman–Crippen MR) is 66.2 cm³/mol. The molecule has 0 aliphatic rings. The molecule has 2 rings (SSSR count). The van der Waals surface area contributed by atoms with E-state index in [0.717, 1.165) is 24.0 Å². The minimum Gasteiger partial charge on any atom is -0.392 e. The minimum absolute atomic E-state index is 0.0816. The van der Waals surface area contributed by atoms with Gasteiger partial charge in [-0.25, -0.2) is 4.39 Å². The van der Waals surface area contributed by atoms with Gasteiger partial charge in [-0.15, -0.1) is 0 Å². The van der Waals surface area contributed by atoms with E-state index in [1.807, 2.05) is 36.4 Å². The summed E-state index contributed by atoms with van der Waals surface area (Å²) in [7, 11) is 0. The standard InChI is InChI=1S/C15H15FO/c16-15-9-7-13(8-10-15)2-1-12-3-5-14(11-17)6-4-12/h3-10,17H,1-2,11H2. The highest BCUT2D eigenvalue weighted by atomic mass is 19.1. The summed E-state index contributed by atoms with van der Waals surface area (Å²) in [5, 5.41) is 8.93. The van der Waals surface area contributed by atoms with E-state index < -0.39 is 0 Å². The van der Waals surface area contributed by atoms with Crippen LogP contribution in [0.5, 0.6) is 0 Å². The smallest absolute Gasteiger partial charge is 0.123 e. The van der Waals surface area contributed by atoms with Gasteiger partial charge in [0.25, 0.3) is 0 Å². The van der Waals surface area contributed by atoms with Crippen LogP contribution in [0.15, 0.2) is 48.5 Å². The van der Waals surface area contributed by atoms with Crippen LogP contribution in [0.4, 0.5) is 4.39 Å². The van der Waals surface area contributed by atoms with Crippen molar-refractivity contribution >= 4 is 0 Å². The van der Waals surface area contributed by atoms with Crippen molar-refractivity contribution in [2.24, 2.45) is 0 Å². The number of hydrogen-bond acceptors (Lipinski definition) is 1. The second-order valence-corrected chi connectivity index (χ2v) is 4.10. The van der Waals surface area contributed by atoms with Gasteiger partial charge >= 0.3 is 0 Å². The van der Waals surface area contributed by atoms with E-state index in [1.165, 1.54) is 17.7 Å². The summed E-state index contributed by atoms with van der Waals surface area (Å²) in [5.41, 5.74) is 3.29. The molecule has 1 nitrogen and oxygen atoms in total. The lowest BCUT2D eigenvalue weighted by atomic mass is 10.0. The van der Waals surface area contributed by atoms with Crippen molar-refractivity contribution in [2.45, 2.75) is 19.4 Å². The van der Waals surface area contributed by atoms with E-state index in [9.17, 15) is 4.39 Å². The first kappa shape index (κ1) is 11.8. The molecule has 0 radical (unpaired) electrons. The van der Waals surface area contributed by atoms with Gasteiger partial charge in [0.2, 0.25) is 0 Å². The first-order valence-corrected chi connectivity index (χ1v) is 5.71. The normalized spacial score (nSPS) is 10.5. The molecule has 2 aromatic rings. The summed E-state index contributed by atoms with van der Waals surface area (Å²) in [6, 6.07) is 14.5. The maximum absolute atomic E-state index is 12.7. The average molecular weight is 230 g/mol. The number of halogens is 1. The lowest BCUT2D eigenvalue weighted by Crippen LogP contribution is -1.92. The second kappa shape index (κ2) is 5.60. The molecule has 0 heterocycles. The molecule has 0 fully saturated rings. The molecule has 0 unspecified atom stereocenters. The molecule has 2 aromatic carbocycles. The monoisotopic (exact) mass is 230 g/mol. The molecule has 0 amide bonds. The van der Waals surface area contributed by atoms with Crippen LogP contribution in [-0.2, 0) is 19.4 Å². The minimum atomic E-state index is -0.193. The van der Waals surface area contributed by atoms with Crippen LogP contribution in [0.3, 0.4) is 0 Å². The molecule has 0 aliphatic heterocycles. The molecule has 0 saturated carbocycles. The zero-order valence-corrected chi connectivity index (χ0v) is 9.57. The number of aliphatic hydroxyl groups is 1. The summed E-state index contributed by atoms with van der Waals surface area (Å²) in [6.45, 7) is 0.0816. The fourth-order valence-corrected chi connectivity index (χ4v) is 1.75. The molecule has 0 atom stereocenters. The Morgan fingerprint density at radius 1 is 0.706 bits per heavy atom. The molecule has 1 N–H and O–H groups in total. The molecular weight excluding hydrogens is 215 g/mol. The van der Waals surface area contributed by atoms with E-state index in [1.54, 1.807) is 0 Å². The maximum atomic E-state index is 12.7. The molecule has 0 spiro atoms. The summed E-state index contributed by atoms with van der Waals surface area (Å²) < 4.78 is 12.7. The van der Waals surface area contributed by atoms with Crippen LogP contribution in [0.25, 0.3) is 0 Å². The van der Waals surface area contributed by atoms with Crippen LogP contribution in [0, 0.1) is 5.82 Å². The Bertz CT molecular complexity index is 459. The van der Waals surface area contributed by atoms with Crippen molar-refractivity contribution in [1.82, 2.24) is 0 Å². The lowest BCUT2D eigenvalue weighted by molar-refractivity contribution is 0.282. The Kier molecular flexibility index (Phi) is 3.89. The fraction of sp³-hybridized carbons (Fsp3) is 0.200. The Labute approximate surface area is 101 Å². The maximum Gasteiger partial charge on any atom is 0.123 e. The SMILES string of the molecule is OCc1ccc(CCc2ccc(F)cc2)cc1. The zero-order valence-electron chi connectivity index (χ0n) is 9.57. The second-order valence-electron chi connectivity index (χ2n) is 4.10. The van der Waals surface area contributed by atoms with E-state index in [0.29, 0.717) is 0 Å². The van der Waals surface area contributed by atoms with Crippen LogP contribution in [0.2, 0.25) is 0 Å². The molecular formula is C15H15FO. The first-order chi connectivity index (χ1) is 8.28. The van der Waals surface area contributed by atoms with Gasteiger partial charge < -0.3 is 5.11 Å². The van der Waals surface area contributed by atoms with Crippen molar-refractivity contribution in [3.63, 3.8) is 0 Å². The van der Waals surface area contributed by atoms with Crippen LogP contribution < -0.4 is 0 Å². The van der Waals surface area contributed by atoms with Gasteiger partial charge in [-0.2, -0.15) is 0 Å². The van der Waals surface area contributed by atoms with Crippen molar-refractivity contribution < 1.29 is 9.50 Å². The van der Waals surface area contributed by atoms with Crippen LogP contribution >= 0.6 is 0 Å². The number of hydrogen-bond donors (Lipinski definition) is 1. The van der Waals surface area contributed by atoms with E-state index in [-0.39, 0.29) is 12.4 Å². The van der Waals surface area contributed by atoms with Gasteiger partial charge in [-0.3, -0.25) is 0 Å². The van der Waals surface area contributed by atoms with Crippen LogP contribution in [0.1, 0.15) is 16.7 Å². The molecule has 88 valence electrons. The number of rotatable bonds is 4. The van der Waals surface area contributed by atoms with Gasteiger partial charge in [-0.1, -0.05) is 36.4 Å². The highest BCUT2D eigenvalue weighted by molar-refractivity contribution is 5.24. The van der Waals surface area contributed by atoms with Gasteiger partial charge in [0.15, 0.2) is 0 Å². The highest BCUT2D eigenvalue weighted by Crippen LogP contribution is 2.10. The van der Waals surface area contributed by atoms with E-state index in [4.69, 9.17) is 5.11 Å². The average Bonchev–Trinajstić information content (AvgIpc) is 2.39. The third kappa shape index (κ3) is 3.40. The molecule has 0 bridgehead atoms. The largest absolute Gasteiger partial charge is 0.392 e. The topological polar surface area (TPSA) is 20.2 Å². The molecule has 0 aliphatic carbocycles. The van der Waals surface area contributed by atoms with Crippen molar-refractivity contribution in [1.29, 1.82) is 0 Å². The van der Waals surface area contributed by atoms with Crippen molar-refractivity contribution in [3.8, 4) is 0 Å². The third-order valence-electron chi connectivity index (χ3n) is 2.82. The fourth-order valence-electron chi connectivity index (χ4n) is 1.75. The Balaban J connectivity index is 1.95. The van der Waals surface area contributed by atoms with E-state index in [2.05, 4.69) is 0 Å². The summed E-state index contributed by atoms with van der Waals surface area (Å²) >= 11 is 0. The van der Waals surface area contributed by atoms with Gasteiger partial charge in [-0.05, 0) is 41.7 Å². The number of aliphatic hydroxyl groups excluding tert-OH is 1. The zero-order chi connectivity index (χ0) is 12.1. The number of aryl methyl sites for hydroxylation is 2. The van der Waals surface area contributed by atoms with Gasteiger partial charge in [0.1, 0.15) is 5.82 Å². The lowest BCUT2D eigenvalue weighted by Gasteiger charge is -2.03. The molecule has 2 heteroatoms. The Morgan fingerprint density at radius 2 is 1.12 bits per heavy atom. The first-order valence-electron chi connectivity index (χ1n) is 5.71. The van der Waals surface area contributed by atoms with Crippen molar-refractivity contribution in [2.75, 3.05) is 0 Å². The van der Waals surface area contributed by atoms with Gasteiger partial charge in [0.05, 0.1) is 6.61 Å². The van der Waals surface area contributed by atoms with Crippen LogP contribution in [-0.4, -0.2) is 5.11 Å². The Hall–Kier alpha value is -1.67. The quantitative estimate of drug-likeness (QED) is 0.855. The van der Waals surface area contributed by atoms with Gasteiger partial charge in [0, 0.05) is 0 Å². The molecule has 0 saturated heterocycles. The molecule has 17 heavy (non-hydrogen) atoms. The predicted octanol–water partition coefficient (Wildman–Crippen LogP) is 3.10. The third-order valence-corrected chi connectivity index (χ3v) is 2.82. The molecule has 0 aromatic heterocycles. The van der Waals surface area contributed by atoms with E-state index >= 15 is 0 Å². The highest BCUT2D eigenvalue weighted by Gasteiger charge is 1.97. The summed E-state index contributed by atoms with van der Waals surface area (Å²) in [5.74, 6) is -0.193. The summed E-state index contributed by atoms with van der Waals surface area (Å²) in [4.78, 5) is 0. The number of benzene rings is 2.